The minimum absolute atomic E-state index is 0. The highest BCUT2D eigenvalue weighted by molar-refractivity contribution is 5.85. The van der Waals surface area contributed by atoms with Crippen molar-refractivity contribution < 1.29 is 13.2 Å². The van der Waals surface area contributed by atoms with Crippen LogP contribution in [0.4, 0.5) is 13.2 Å². The average Bonchev–Trinajstić information content (AvgIpc) is 3.29. The number of nitrogens with zero attached hydrogens (tertiary/aromatic N) is 1. The first kappa shape index (κ1) is 20.6. The summed E-state index contributed by atoms with van der Waals surface area (Å²) in [6, 6.07) is 6.03. The first-order chi connectivity index (χ1) is 10.0. The summed E-state index contributed by atoms with van der Waals surface area (Å²) in [5.41, 5.74) is 0.466. The maximum Gasteiger partial charge on any atom is 0.416 e. The lowest BCUT2D eigenvalue weighted by atomic mass is 9.97. The highest BCUT2D eigenvalue weighted by Crippen LogP contribution is 2.40. The van der Waals surface area contributed by atoms with Crippen molar-refractivity contribution in [1.82, 2.24) is 10.2 Å². The molecule has 2 fully saturated rings. The fourth-order valence-corrected chi connectivity index (χ4v) is 3.05. The largest absolute Gasteiger partial charge is 0.416 e. The van der Waals surface area contributed by atoms with Gasteiger partial charge in [-0.1, -0.05) is 25.0 Å². The monoisotopic (exact) mass is 370 g/mol. The summed E-state index contributed by atoms with van der Waals surface area (Å²) in [4.78, 5) is 2.41. The maximum atomic E-state index is 12.7. The normalized spacial score (nSPS) is 20.3. The molecule has 2 nitrogen and oxygen atoms in total. The first-order valence-corrected chi connectivity index (χ1v) is 7.66. The van der Waals surface area contributed by atoms with E-state index in [1.165, 1.54) is 25.0 Å². The molecule has 0 unspecified atom stereocenters. The van der Waals surface area contributed by atoms with E-state index in [1.807, 2.05) is 0 Å². The predicted molar refractivity (Wildman–Crippen MR) is 90.5 cm³/mol. The average molecular weight is 371 g/mol. The summed E-state index contributed by atoms with van der Waals surface area (Å²) in [7, 11) is 0. The summed E-state index contributed by atoms with van der Waals surface area (Å²) < 4.78 is 38.0. The minimum atomic E-state index is -4.25. The lowest BCUT2D eigenvalue weighted by molar-refractivity contribution is -0.137. The van der Waals surface area contributed by atoms with Gasteiger partial charge in [0.25, 0.3) is 0 Å². The summed E-state index contributed by atoms with van der Waals surface area (Å²) in [5, 5.41) is 3.33. The molecule has 1 saturated heterocycles. The van der Waals surface area contributed by atoms with Crippen LogP contribution in [0.1, 0.15) is 36.4 Å². The molecule has 1 aliphatic carbocycles. The van der Waals surface area contributed by atoms with Crippen LogP contribution in [0, 0.1) is 5.92 Å². The standard InChI is InChI=1S/C16H21F3N2.2ClH/c17-16(18,19)14-5-3-13(4-6-14)15(11-12-1-2-12)21-9-7-20-8-10-21;;/h3-6,12,15,20H,1-2,7-11H2;2*1H/t15-;;/m1../s1. The van der Waals surface area contributed by atoms with Crippen LogP contribution in [0.25, 0.3) is 0 Å². The molecule has 2 aliphatic rings. The lowest BCUT2D eigenvalue weighted by Gasteiger charge is -2.35. The molecule has 3 rings (SSSR count). The number of piperazine rings is 1. The molecule has 0 spiro atoms. The first-order valence-electron chi connectivity index (χ1n) is 7.66. The van der Waals surface area contributed by atoms with Crippen LogP contribution in [0.2, 0.25) is 0 Å². The second-order valence-electron chi connectivity index (χ2n) is 6.10. The predicted octanol–water partition coefficient (Wildman–Crippen LogP) is 4.30. The Hall–Kier alpha value is -0.490. The van der Waals surface area contributed by atoms with Crippen LogP contribution in [0.5, 0.6) is 0 Å². The van der Waals surface area contributed by atoms with Crippen LogP contribution in [-0.2, 0) is 6.18 Å². The summed E-state index contributed by atoms with van der Waals surface area (Å²) in [6.07, 6.45) is -0.641. The zero-order valence-electron chi connectivity index (χ0n) is 12.8. The molecule has 7 heteroatoms. The molecule has 1 aliphatic heterocycles. The van der Waals surface area contributed by atoms with E-state index in [9.17, 15) is 13.2 Å². The zero-order valence-corrected chi connectivity index (χ0v) is 14.4. The van der Waals surface area contributed by atoms with E-state index in [1.54, 1.807) is 12.1 Å². The molecular formula is C16H23Cl2F3N2. The van der Waals surface area contributed by atoms with E-state index in [-0.39, 0.29) is 30.9 Å². The van der Waals surface area contributed by atoms with E-state index in [2.05, 4.69) is 10.2 Å². The van der Waals surface area contributed by atoms with Gasteiger partial charge in [-0.2, -0.15) is 13.2 Å². The quantitative estimate of drug-likeness (QED) is 0.849. The third-order valence-electron chi connectivity index (χ3n) is 4.47. The number of benzene rings is 1. The molecule has 23 heavy (non-hydrogen) atoms. The number of hydrogen-bond acceptors (Lipinski definition) is 2. The molecule has 1 N–H and O–H groups in total. The number of rotatable bonds is 4. The molecule has 0 amide bonds. The highest BCUT2D eigenvalue weighted by Gasteiger charge is 2.32. The fourth-order valence-electron chi connectivity index (χ4n) is 3.05. The molecule has 1 aromatic carbocycles. The van der Waals surface area contributed by atoms with Crippen molar-refractivity contribution in [2.75, 3.05) is 26.2 Å². The Morgan fingerprint density at radius 1 is 1.04 bits per heavy atom. The Morgan fingerprint density at radius 3 is 2.09 bits per heavy atom. The Balaban J connectivity index is 0.00000132. The van der Waals surface area contributed by atoms with E-state index in [0.717, 1.165) is 44.1 Å². The van der Waals surface area contributed by atoms with E-state index < -0.39 is 11.7 Å². The third-order valence-corrected chi connectivity index (χ3v) is 4.47. The molecule has 132 valence electrons. The van der Waals surface area contributed by atoms with Crippen LogP contribution in [0.3, 0.4) is 0 Å². The van der Waals surface area contributed by atoms with Gasteiger partial charge in [-0.3, -0.25) is 4.90 Å². The van der Waals surface area contributed by atoms with Crippen molar-refractivity contribution in [3.05, 3.63) is 35.4 Å². The van der Waals surface area contributed by atoms with Gasteiger partial charge in [0.05, 0.1) is 5.56 Å². The van der Waals surface area contributed by atoms with Crippen LogP contribution in [-0.4, -0.2) is 31.1 Å². The molecule has 1 heterocycles. The Morgan fingerprint density at radius 2 is 1.61 bits per heavy atom. The van der Waals surface area contributed by atoms with Crippen LogP contribution >= 0.6 is 24.8 Å². The van der Waals surface area contributed by atoms with Crippen molar-refractivity contribution in [2.24, 2.45) is 5.92 Å². The molecule has 1 aromatic rings. The third kappa shape index (κ3) is 5.52. The van der Waals surface area contributed by atoms with Crippen molar-refractivity contribution >= 4 is 24.8 Å². The Labute approximate surface area is 147 Å². The number of nitrogens with one attached hydrogen (secondary N) is 1. The second kappa shape index (κ2) is 8.56. The topological polar surface area (TPSA) is 15.3 Å². The van der Waals surface area contributed by atoms with Gasteiger partial charge in [0.2, 0.25) is 0 Å². The van der Waals surface area contributed by atoms with E-state index in [4.69, 9.17) is 0 Å². The molecule has 1 saturated carbocycles. The van der Waals surface area contributed by atoms with Crippen molar-refractivity contribution in [3.8, 4) is 0 Å². The smallest absolute Gasteiger partial charge is 0.314 e. The van der Waals surface area contributed by atoms with Gasteiger partial charge in [0.1, 0.15) is 0 Å². The Bertz CT molecular complexity index is 469. The molecular weight excluding hydrogens is 348 g/mol. The minimum Gasteiger partial charge on any atom is -0.314 e. The second-order valence-corrected chi connectivity index (χ2v) is 6.10. The highest BCUT2D eigenvalue weighted by atomic mass is 35.5. The SMILES string of the molecule is Cl.Cl.FC(F)(F)c1ccc([C@@H](CC2CC2)N2CCNCC2)cc1. The van der Waals surface area contributed by atoms with Crippen LogP contribution in [0.15, 0.2) is 24.3 Å². The summed E-state index contributed by atoms with van der Waals surface area (Å²) >= 11 is 0. The summed E-state index contributed by atoms with van der Waals surface area (Å²) in [5.74, 6) is 0.757. The van der Waals surface area contributed by atoms with Crippen LogP contribution < -0.4 is 5.32 Å². The number of halogens is 5. The van der Waals surface area contributed by atoms with E-state index >= 15 is 0 Å². The Kier molecular flexibility index (Phi) is 7.65. The van der Waals surface area contributed by atoms with Gasteiger partial charge >= 0.3 is 6.18 Å². The van der Waals surface area contributed by atoms with Crippen molar-refractivity contribution in [1.29, 1.82) is 0 Å². The summed E-state index contributed by atoms with van der Waals surface area (Å²) in [6.45, 7) is 3.86. The molecule has 0 bridgehead atoms. The molecule has 0 aromatic heterocycles. The molecule has 1 atom stereocenters. The van der Waals surface area contributed by atoms with Gasteiger partial charge in [-0.25, -0.2) is 0 Å². The van der Waals surface area contributed by atoms with E-state index in [0.29, 0.717) is 0 Å². The van der Waals surface area contributed by atoms with Gasteiger partial charge in [-0.05, 0) is 30.0 Å². The van der Waals surface area contributed by atoms with Gasteiger partial charge < -0.3 is 5.32 Å². The lowest BCUT2D eigenvalue weighted by Crippen LogP contribution is -2.45. The van der Waals surface area contributed by atoms with Crippen molar-refractivity contribution in [3.63, 3.8) is 0 Å². The van der Waals surface area contributed by atoms with Gasteiger partial charge in [0.15, 0.2) is 0 Å². The maximum absolute atomic E-state index is 12.7. The molecule has 0 radical (unpaired) electrons. The van der Waals surface area contributed by atoms with Crippen molar-refractivity contribution in [2.45, 2.75) is 31.5 Å². The number of hydrogen-bond donors (Lipinski definition) is 1. The zero-order chi connectivity index (χ0) is 14.9. The fraction of sp³-hybridized carbons (Fsp3) is 0.625. The van der Waals surface area contributed by atoms with Gasteiger partial charge in [-0.15, -0.1) is 24.8 Å². The van der Waals surface area contributed by atoms with Gasteiger partial charge in [0, 0.05) is 32.2 Å². The number of alkyl halides is 3.